The second kappa shape index (κ2) is 6.93. The minimum atomic E-state index is -0.0746. The molecule has 3 heteroatoms. The highest BCUT2D eigenvalue weighted by Crippen LogP contribution is 2.18. The molecule has 0 radical (unpaired) electrons. The van der Waals surface area contributed by atoms with Crippen molar-refractivity contribution in [1.82, 2.24) is 0 Å². The Labute approximate surface area is 126 Å². The van der Waals surface area contributed by atoms with Crippen LogP contribution in [0.25, 0.3) is 0 Å². The molecule has 1 amide bonds. The second-order valence-electron chi connectivity index (χ2n) is 5.07. The molecule has 2 aromatic carbocycles. The van der Waals surface area contributed by atoms with Crippen LogP contribution in [0, 0.1) is 6.92 Å². The molecule has 0 saturated carbocycles. The van der Waals surface area contributed by atoms with E-state index in [0.29, 0.717) is 5.56 Å². The van der Waals surface area contributed by atoms with Gasteiger partial charge in [-0.1, -0.05) is 19.1 Å². The fourth-order valence-electron chi connectivity index (χ4n) is 2.27. The minimum absolute atomic E-state index is 0.0746. The molecule has 2 N–H and O–H groups in total. The Balaban J connectivity index is 2.14. The molecule has 21 heavy (non-hydrogen) atoms. The van der Waals surface area contributed by atoms with E-state index in [1.54, 1.807) is 0 Å². The van der Waals surface area contributed by atoms with Crippen LogP contribution in [0.2, 0.25) is 0 Å². The van der Waals surface area contributed by atoms with Crippen molar-refractivity contribution in [1.29, 1.82) is 0 Å². The predicted molar refractivity (Wildman–Crippen MR) is 89.1 cm³/mol. The van der Waals surface area contributed by atoms with E-state index in [2.05, 4.69) is 30.5 Å². The lowest BCUT2D eigenvalue weighted by Crippen LogP contribution is -2.12. The summed E-state index contributed by atoms with van der Waals surface area (Å²) in [5, 5.41) is 6.23. The number of rotatable bonds is 5. The normalized spacial score (nSPS) is 10.2. The van der Waals surface area contributed by atoms with Gasteiger partial charge in [0, 0.05) is 23.5 Å². The van der Waals surface area contributed by atoms with Crippen LogP contribution in [0.3, 0.4) is 0 Å². The Morgan fingerprint density at radius 3 is 2.57 bits per heavy atom. The van der Waals surface area contributed by atoms with E-state index in [9.17, 15) is 4.79 Å². The topological polar surface area (TPSA) is 41.1 Å². The maximum absolute atomic E-state index is 12.3. The van der Waals surface area contributed by atoms with E-state index in [1.165, 1.54) is 5.56 Å². The zero-order chi connectivity index (χ0) is 15.2. The van der Waals surface area contributed by atoms with Gasteiger partial charge in [-0.05, 0) is 61.7 Å². The summed E-state index contributed by atoms with van der Waals surface area (Å²) >= 11 is 0. The van der Waals surface area contributed by atoms with Gasteiger partial charge in [-0.3, -0.25) is 4.79 Å². The Kier molecular flexibility index (Phi) is 4.99. The first kappa shape index (κ1) is 15.1. The van der Waals surface area contributed by atoms with Crippen LogP contribution in [0.1, 0.15) is 35.3 Å². The van der Waals surface area contributed by atoms with Gasteiger partial charge in [0.25, 0.3) is 5.91 Å². The molecule has 0 aliphatic rings. The number of carbonyl (C=O) groups excluding carboxylic acids is 1. The van der Waals surface area contributed by atoms with Gasteiger partial charge in [0.2, 0.25) is 0 Å². The van der Waals surface area contributed by atoms with Gasteiger partial charge in [0.15, 0.2) is 0 Å². The molecule has 0 saturated heterocycles. The van der Waals surface area contributed by atoms with Crippen LogP contribution in [0.4, 0.5) is 11.4 Å². The van der Waals surface area contributed by atoms with Crippen molar-refractivity contribution in [2.24, 2.45) is 0 Å². The third-order valence-corrected chi connectivity index (χ3v) is 3.45. The molecule has 2 aromatic rings. The van der Waals surface area contributed by atoms with E-state index >= 15 is 0 Å². The summed E-state index contributed by atoms with van der Waals surface area (Å²) in [4.78, 5) is 12.3. The molecule has 110 valence electrons. The smallest absolute Gasteiger partial charge is 0.255 e. The van der Waals surface area contributed by atoms with Crippen molar-refractivity contribution in [3.63, 3.8) is 0 Å². The molecule has 0 heterocycles. The molecule has 3 nitrogen and oxygen atoms in total. The highest BCUT2D eigenvalue weighted by Gasteiger charge is 2.08. The summed E-state index contributed by atoms with van der Waals surface area (Å²) in [6.07, 6.45) is 0.959. The first-order valence-electron chi connectivity index (χ1n) is 7.38. The van der Waals surface area contributed by atoms with Crippen molar-refractivity contribution >= 4 is 17.3 Å². The number of aryl methyl sites for hydroxylation is 2. The number of hydrogen-bond acceptors (Lipinski definition) is 2. The summed E-state index contributed by atoms with van der Waals surface area (Å²) in [5.74, 6) is -0.0746. The first-order valence-corrected chi connectivity index (χ1v) is 7.38. The SMILES string of the molecule is CCNc1ccc(C(=O)Nc2cccc(CC)c2)cc1C. The number of carbonyl (C=O) groups is 1. The number of hydrogen-bond donors (Lipinski definition) is 2. The highest BCUT2D eigenvalue weighted by atomic mass is 16.1. The molecular weight excluding hydrogens is 260 g/mol. The standard InChI is InChI=1S/C18H22N2O/c1-4-14-7-6-8-16(12-14)20-18(21)15-9-10-17(19-5-2)13(3)11-15/h6-12,19H,4-5H2,1-3H3,(H,20,21). The van der Waals surface area contributed by atoms with Gasteiger partial charge in [-0.25, -0.2) is 0 Å². The van der Waals surface area contributed by atoms with Crippen LogP contribution in [-0.2, 0) is 6.42 Å². The van der Waals surface area contributed by atoms with Crippen molar-refractivity contribution in [3.8, 4) is 0 Å². The van der Waals surface area contributed by atoms with E-state index < -0.39 is 0 Å². The van der Waals surface area contributed by atoms with Crippen LogP contribution in [-0.4, -0.2) is 12.5 Å². The molecule has 0 bridgehead atoms. The molecule has 0 atom stereocenters. The summed E-state index contributed by atoms with van der Waals surface area (Å²) in [5.41, 5.74) is 4.88. The molecule has 0 unspecified atom stereocenters. The largest absolute Gasteiger partial charge is 0.385 e. The van der Waals surface area contributed by atoms with Crippen LogP contribution < -0.4 is 10.6 Å². The van der Waals surface area contributed by atoms with Gasteiger partial charge >= 0.3 is 0 Å². The number of amides is 1. The second-order valence-corrected chi connectivity index (χ2v) is 5.07. The van der Waals surface area contributed by atoms with Crippen molar-refractivity contribution in [3.05, 3.63) is 59.2 Å². The molecule has 0 aromatic heterocycles. The van der Waals surface area contributed by atoms with Crippen molar-refractivity contribution < 1.29 is 4.79 Å². The maximum Gasteiger partial charge on any atom is 0.255 e. The van der Waals surface area contributed by atoms with E-state index in [4.69, 9.17) is 0 Å². The predicted octanol–water partition coefficient (Wildman–Crippen LogP) is 4.24. The molecule has 0 fully saturated rings. The quantitative estimate of drug-likeness (QED) is 0.861. The molecular formula is C18H22N2O. The van der Waals surface area contributed by atoms with Gasteiger partial charge in [-0.2, -0.15) is 0 Å². The van der Waals surface area contributed by atoms with E-state index in [0.717, 1.165) is 29.9 Å². The Hall–Kier alpha value is -2.29. The molecule has 0 aliphatic carbocycles. The lowest BCUT2D eigenvalue weighted by atomic mass is 10.1. The third kappa shape index (κ3) is 3.85. The van der Waals surface area contributed by atoms with Gasteiger partial charge in [0.1, 0.15) is 0 Å². The number of nitrogens with one attached hydrogen (secondary N) is 2. The fourth-order valence-corrected chi connectivity index (χ4v) is 2.27. The van der Waals surface area contributed by atoms with Gasteiger partial charge in [-0.15, -0.1) is 0 Å². The fraction of sp³-hybridized carbons (Fsp3) is 0.278. The number of anilines is 2. The Morgan fingerprint density at radius 2 is 1.90 bits per heavy atom. The summed E-state index contributed by atoms with van der Waals surface area (Å²) < 4.78 is 0. The number of benzene rings is 2. The summed E-state index contributed by atoms with van der Waals surface area (Å²) in [6.45, 7) is 7.03. The van der Waals surface area contributed by atoms with E-state index in [-0.39, 0.29) is 5.91 Å². The van der Waals surface area contributed by atoms with Gasteiger partial charge in [0.05, 0.1) is 0 Å². The van der Waals surface area contributed by atoms with Crippen molar-refractivity contribution in [2.75, 3.05) is 17.2 Å². The van der Waals surface area contributed by atoms with Crippen LogP contribution in [0.5, 0.6) is 0 Å². The Morgan fingerprint density at radius 1 is 1.10 bits per heavy atom. The minimum Gasteiger partial charge on any atom is -0.385 e. The zero-order valence-electron chi connectivity index (χ0n) is 12.9. The Bertz CT molecular complexity index is 635. The molecule has 2 rings (SSSR count). The highest BCUT2D eigenvalue weighted by molar-refractivity contribution is 6.04. The average molecular weight is 282 g/mol. The summed E-state index contributed by atoms with van der Waals surface area (Å²) in [6, 6.07) is 13.7. The zero-order valence-corrected chi connectivity index (χ0v) is 12.9. The average Bonchev–Trinajstić information content (AvgIpc) is 2.49. The third-order valence-electron chi connectivity index (χ3n) is 3.45. The van der Waals surface area contributed by atoms with Crippen LogP contribution in [0.15, 0.2) is 42.5 Å². The van der Waals surface area contributed by atoms with Gasteiger partial charge < -0.3 is 10.6 Å². The first-order chi connectivity index (χ1) is 10.1. The molecule has 0 aliphatic heterocycles. The monoisotopic (exact) mass is 282 g/mol. The molecule has 0 spiro atoms. The van der Waals surface area contributed by atoms with E-state index in [1.807, 2.05) is 43.3 Å². The maximum atomic E-state index is 12.3. The summed E-state index contributed by atoms with van der Waals surface area (Å²) in [7, 11) is 0. The van der Waals surface area contributed by atoms with Crippen molar-refractivity contribution in [2.45, 2.75) is 27.2 Å². The lowest BCUT2D eigenvalue weighted by Gasteiger charge is -2.10. The van der Waals surface area contributed by atoms with Crippen LogP contribution >= 0.6 is 0 Å². The lowest BCUT2D eigenvalue weighted by molar-refractivity contribution is 0.102.